The highest BCUT2D eigenvalue weighted by atomic mass is 15.0. The molecular formula is C16H22N2. The van der Waals surface area contributed by atoms with Crippen LogP contribution in [-0.2, 0) is 0 Å². The Morgan fingerprint density at radius 1 is 1.33 bits per heavy atom. The molecule has 1 aromatic rings. The summed E-state index contributed by atoms with van der Waals surface area (Å²) >= 11 is 0. The molecule has 2 aliphatic rings. The van der Waals surface area contributed by atoms with Crippen molar-refractivity contribution < 1.29 is 0 Å². The van der Waals surface area contributed by atoms with E-state index in [1.54, 1.807) is 0 Å². The molecule has 0 amide bonds. The molecule has 1 aliphatic carbocycles. The molecule has 0 saturated carbocycles. The van der Waals surface area contributed by atoms with E-state index in [1.807, 2.05) is 12.3 Å². The van der Waals surface area contributed by atoms with Crippen LogP contribution in [0, 0.1) is 11.8 Å². The summed E-state index contributed by atoms with van der Waals surface area (Å²) in [6.45, 7) is 6.94. The number of nitrogens with one attached hydrogen (secondary N) is 1. The maximum absolute atomic E-state index is 4.56. The first-order chi connectivity index (χ1) is 8.58. The molecule has 2 heterocycles. The van der Waals surface area contributed by atoms with E-state index in [1.165, 1.54) is 24.1 Å². The van der Waals surface area contributed by atoms with Gasteiger partial charge in [0.1, 0.15) is 0 Å². The van der Waals surface area contributed by atoms with Gasteiger partial charge >= 0.3 is 0 Å². The van der Waals surface area contributed by atoms with Gasteiger partial charge in [0.25, 0.3) is 0 Å². The lowest BCUT2D eigenvalue weighted by molar-refractivity contribution is 0.107. The van der Waals surface area contributed by atoms with E-state index in [4.69, 9.17) is 0 Å². The third-order valence-electron chi connectivity index (χ3n) is 4.80. The van der Waals surface area contributed by atoms with Crippen molar-refractivity contribution in [2.24, 2.45) is 11.8 Å². The maximum Gasteiger partial charge on any atom is 0.0579 e. The van der Waals surface area contributed by atoms with Crippen LogP contribution < -0.4 is 5.32 Å². The van der Waals surface area contributed by atoms with E-state index in [0.717, 1.165) is 5.92 Å². The number of fused-ring (bicyclic) bond motifs is 2. The van der Waals surface area contributed by atoms with Crippen LogP contribution in [0.4, 0.5) is 0 Å². The van der Waals surface area contributed by atoms with E-state index in [9.17, 15) is 0 Å². The number of nitrogens with zero attached hydrogens (tertiary/aromatic N) is 1. The number of piperidine rings is 1. The molecule has 3 atom stereocenters. The Morgan fingerprint density at radius 3 is 2.89 bits per heavy atom. The van der Waals surface area contributed by atoms with Gasteiger partial charge in [0.05, 0.1) is 11.7 Å². The molecule has 1 fully saturated rings. The highest BCUT2D eigenvalue weighted by Crippen LogP contribution is 2.46. The molecule has 0 radical (unpaired) electrons. The normalized spacial score (nSPS) is 33.9. The summed E-state index contributed by atoms with van der Waals surface area (Å²) in [5.74, 6) is 1.37. The zero-order valence-electron chi connectivity index (χ0n) is 11.5. The fourth-order valence-electron chi connectivity index (χ4n) is 3.52. The van der Waals surface area contributed by atoms with Gasteiger partial charge in [0.2, 0.25) is 0 Å². The minimum Gasteiger partial charge on any atom is -0.303 e. The van der Waals surface area contributed by atoms with Crippen LogP contribution >= 0.6 is 0 Å². The van der Waals surface area contributed by atoms with Crippen molar-refractivity contribution in [1.29, 1.82) is 0 Å². The van der Waals surface area contributed by atoms with Crippen LogP contribution in [0.5, 0.6) is 0 Å². The fraction of sp³-hybridized carbons (Fsp3) is 0.562. The number of pyridine rings is 1. The van der Waals surface area contributed by atoms with Crippen molar-refractivity contribution in [3.05, 3.63) is 41.7 Å². The number of hydrogen-bond acceptors (Lipinski definition) is 2. The van der Waals surface area contributed by atoms with Gasteiger partial charge in [-0.15, -0.1) is 0 Å². The molecule has 2 nitrogen and oxygen atoms in total. The predicted octanol–water partition coefficient (Wildman–Crippen LogP) is 3.48. The molecule has 1 aliphatic heterocycles. The fourth-order valence-corrected chi connectivity index (χ4v) is 3.52. The molecule has 2 bridgehead atoms. The van der Waals surface area contributed by atoms with Gasteiger partial charge in [-0.25, -0.2) is 0 Å². The topological polar surface area (TPSA) is 24.9 Å². The number of allylic oxidation sites excluding steroid dienone is 1. The van der Waals surface area contributed by atoms with Crippen LogP contribution in [-0.4, -0.2) is 10.5 Å². The van der Waals surface area contributed by atoms with Gasteiger partial charge < -0.3 is 5.32 Å². The average molecular weight is 242 g/mol. The zero-order chi connectivity index (χ0) is 12.8. The third kappa shape index (κ3) is 1.89. The van der Waals surface area contributed by atoms with Gasteiger partial charge in [0, 0.05) is 17.7 Å². The van der Waals surface area contributed by atoms with E-state index in [-0.39, 0.29) is 5.54 Å². The Kier molecular flexibility index (Phi) is 2.78. The Balaban J connectivity index is 1.99. The van der Waals surface area contributed by atoms with Crippen LogP contribution in [0.1, 0.15) is 45.3 Å². The predicted molar refractivity (Wildman–Crippen MR) is 74.2 cm³/mol. The summed E-state index contributed by atoms with van der Waals surface area (Å²) in [4.78, 5) is 4.56. The Labute approximate surface area is 110 Å². The minimum absolute atomic E-state index is 0.204. The summed E-state index contributed by atoms with van der Waals surface area (Å²) in [5.41, 5.74) is 2.92. The van der Waals surface area contributed by atoms with E-state index < -0.39 is 0 Å². The van der Waals surface area contributed by atoms with Crippen LogP contribution in [0.2, 0.25) is 0 Å². The third-order valence-corrected chi connectivity index (χ3v) is 4.80. The summed E-state index contributed by atoms with van der Waals surface area (Å²) in [5, 5.41) is 3.84. The smallest absolute Gasteiger partial charge is 0.0579 e. The second kappa shape index (κ2) is 4.20. The van der Waals surface area contributed by atoms with Crippen LogP contribution in [0.25, 0.3) is 0 Å². The quantitative estimate of drug-likeness (QED) is 0.763. The number of hydrogen-bond donors (Lipinski definition) is 1. The van der Waals surface area contributed by atoms with Crippen molar-refractivity contribution in [3.63, 3.8) is 0 Å². The monoisotopic (exact) mass is 242 g/mol. The molecule has 0 spiro atoms. The van der Waals surface area contributed by atoms with E-state index in [2.05, 4.69) is 49.3 Å². The standard InChI is InChI=1S/C16H22N2/c1-11-7-8-12-10-13(11)15(18-16(12,2)3)14-6-4-5-9-17-14/h4-7,9,12-13,15,18H,8,10H2,1-3H3/t12-,13-,15-/m1/s1. The molecule has 96 valence electrons. The van der Waals surface area contributed by atoms with Crippen molar-refractivity contribution in [3.8, 4) is 0 Å². The van der Waals surface area contributed by atoms with E-state index in [0.29, 0.717) is 12.0 Å². The molecule has 0 unspecified atom stereocenters. The summed E-state index contributed by atoms with van der Waals surface area (Å²) in [7, 11) is 0. The van der Waals surface area contributed by atoms with Crippen molar-refractivity contribution >= 4 is 0 Å². The van der Waals surface area contributed by atoms with Crippen molar-refractivity contribution in [2.75, 3.05) is 0 Å². The highest BCUT2D eigenvalue weighted by molar-refractivity contribution is 5.23. The van der Waals surface area contributed by atoms with Gasteiger partial charge in [-0.05, 0) is 51.7 Å². The Hall–Kier alpha value is -1.15. The number of rotatable bonds is 1. The van der Waals surface area contributed by atoms with Crippen LogP contribution in [0.15, 0.2) is 36.0 Å². The lowest BCUT2D eigenvalue weighted by atomic mass is 9.66. The van der Waals surface area contributed by atoms with Crippen molar-refractivity contribution in [2.45, 2.75) is 45.2 Å². The molecular weight excluding hydrogens is 220 g/mol. The second-order valence-electron chi connectivity index (χ2n) is 6.32. The molecule has 3 rings (SSSR count). The zero-order valence-corrected chi connectivity index (χ0v) is 11.5. The summed E-state index contributed by atoms with van der Waals surface area (Å²) in [6, 6.07) is 6.60. The molecule has 1 saturated heterocycles. The summed E-state index contributed by atoms with van der Waals surface area (Å²) in [6.07, 6.45) is 6.86. The van der Waals surface area contributed by atoms with Gasteiger partial charge in [-0.1, -0.05) is 17.7 Å². The first kappa shape index (κ1) is 11.9. The number of aromatic nitrogens is 1. The Morgan fingerprint density at radius 2 is 2.17 bits per heavy atom. The first-order valence-electron chi connectivity index (χ1n) is 6.93. The van der Waals surface area contributed by atoms with Crippen molar-refractivity contribution in [1.82, 2.24) is 10.3 Å². The largest absolute Gasteiger partial charge is 0.303 e. The average Bonchev–Trinajstić information content (AvgIpc) is 2.37. The van der Waals surface area contributed by atoms with Gasteiger partial charge in [0.15, 0.2) is 0 Å². The second-order valence-corrected chi connectivity index (χ2v) is 6.32. The molecule has 2 heteroatoms. The SMILES string of the molecule is CC1=CC[C@@H]2C[C@H]1[C@H](c1ccccn1)NC2(C)C. The summed E-state index contributed by atoms with van der Waals surface area (Å²) < 4.78 is 0. The molecule has 1 N–H and O–H groups in total. The Bertz CT molecular complexity index is 461. The molecule has 18 heavy (non-hydrogen) atoms. The lowest BCUT2D eigenvalue weighted by Gasteiger charge is -2.50. The minimum atomic E-state index is 0.204. The molecule has 1 aromatic heterocycles. The maximum atomic E-state index is 4.56. The molecule has 0 aromatic carbocycles. The van der Waals surface area contributed by atoms with Gasteiger partial charge in [-0.2, -0.15) is 0 Å². The van der Waals surface area contributed by atoms with E-state index >= 15 is 0 Å². The first-order valence-corrected chi connectivity index (χ1v) is 6.93. The van der Waals surface area contributed by atoms with Gasteiger partial charge in [-0.3, -0.25) is 4.98 Å². The van der Waals surface area contributed by atoms with Crippen LogP contribution in [0.3, 0.4) is 0 Å². The lowest BCUT2D eigenvalue weighted by Crippen LogP contribution is -2.56. The highest BCUT2D eigenvalue weighted by Gasteiger charge is 2.44.